The molecule has 0 aromatic heterocycles. The number of amides is 3. The summed E-state index contributed by atoms with van der Waals surface area (Å²) in [7, 11) is 3.23. The van der Waals surface area contributed by atoms with Crippen LogP contribution in [0.2, 0.25) is 0 Å². The van der Waals surface area contributed by atoms with Crippen LogP contribution in [0.1, 0.15) is 45.2 Å². The Kier molecular flexibility index (Phi) is 12.9. The van der Waals surface area contributed by atoms with Gasteiger partial charge in [0.2, 0.25) is 17.7 Å². The maximum absolute atomic E-state index is 14.4. The molecular weight excluding hydrogens is 576 g/mol. The summed E-state index contributed by atoms with van der Waals surface area (Å²) in [5.74, 6) is -1.01. The average Bonchev–Trinajstić information content (AvgIpc) is 3.04. The van der Waals surface area contributed by atoms with Crippen LogP contribution in [0.3, 0.4) is 0 Å². The van der Waals surface area contributed by atoms with Gasteiger partial charge in [0.15, 0.2) is 0 Å². The number of nitrogens with zero attached hydrogens (tertiary/aromatic N) is 2. The number of benzene rings is 3. The number of aliphatic hydroxyl groups is 1. The van der Waals surface area contributed by atoms with Gasteiger partial charge in [0.1, 0.15) is 12.1 Å². The Hall–Kier alpha value is -4.27. The topological polar surface area (TPSA) is 116 Å². The van der Waals surface area contributed by atoms with E-state index in [1.807, 2.05) is 113 Å². The number of nitrogens with one attached hydrogen (secondary N) is 1. The summed E-state index contributed by atoms with van der Waals surface area (Å²) in [5, 5.41) is 12.7. The molecule has 0 radical (unpaired) electrons. The van der Waals surface area contributed by atoms with E-state index >= 15 is 0 Å². The lowest BCUT2D eigenvalue weighted by atomic mass is 9.94. The second-order valence-electron chi connectivity index (χ2n) is 13.5. The van der Waals surface area contributed by atoms with Gasteiger partial charge >= 0.3 is 0 Å². The molecule has 0 aliphatic heterocycles. The highest BCUT2D eigenvalue weighted by Crippen LogP contribution is 2.22. The van der Waals surface area contributed by atoms with E-state index in [1.165, 1.54) is 15.9 Å². The van der Waals surface area contributed by atoms with Gasteiger partial charge in [-0.25, -0.2) is 0 Å². The van der Waals surface area contributed by atoms with E-state index in [9.17, 15) is 19.5 Å². The predicted molar refractivity (Wildman–Crippen MR) is 185 cm³/mol. The van der Waals surface area contributed by atoms with Crippen molar-refractivity contribution >= 4 is 17.7 Å². The van der Waals surface area contributed by atoms with Crippen molar-refractivity contribution in [1.82, 2.24) is 15.1 Å². The molecule has 46 heavy (non-hydrogen) atoms. The first-order valence-corrected chi connectivity index (χ1v) is 15.8. The zero-order chi connectivity index (χ0) is 33.9. The minimum Gasteiger partial charge on any atom is -0.396 e. The molecule has 0 unspecified atom stereocenters. The molecule has 0 aliphatic rings. The molecular formula is C38H50N4O4. The molecule has 4 N–H and O–H groups in total. The fraction of sp³-hybridized carbons (Fsp3) is 0.395. The SMILES string of the molecule is CN(C(=O)C=CCC(C)(C)N)[C@H](Cc1ccc(-c2ccccc2)cc1)C(=O)N(C)[C@H](Cc1ccccc1)C(=O)NCC(C)(C)CO. The predicted octanol–water partition coefficient (Wildman–Crippen LogP) is 4.61. The van der Waals surface area contributed by atoms with Gasteiger partial charge in [-0.05, 0) is 48.6 Å². The monoisotopic (exact) mass is 626 g/mol. The molecule has 8 nitrogen and oxygen atoms in total. The molecule has 0 saturated heterocycles. The van der Waals surface area contributed by atoms with E-state index in [1.54, 1.807) is 20.2 Å². The van der Waals surface area contributed by atoms with Crippen LogP contribution in [0, 0.1) is 5.41 Å². The Labute approximate surface area is 274 Å². The lowest BCUT2D eigenvalue weighted by molar-refractivity contribution is -0.146. The summed E-state index contributed by atoms with van der Waals surface area (Å²) in [4.78, 5) is 44.3. The molecule has 246 valence electrons. The van der Waals surface area contributed by atoms with Crippen molar-refractivity contribution in [3.63, 3.8) is 0 Å². The highest BCUT2D eigenvalue weighted by molar-refractivity contribution is 5.95. The van der Waals surface area contributed by atoms with Crippen molar-refractivity contribution in [3.05, 3.63) is 108 Å². The van der Waals surface area contributed by atoms with E-state index in [4.69, 9.17) is 5.73 Å². The summed E-state index contributed by atoms with van der Waals surface area (Å²) in [5.41, 5.74) is 9.00. The lowest BCUT2D eigenvalue weighted by Gasteiger charge is -2.35. The van der Waals surface area contributed by atoms with Crippen LogP contribution < -0.4 is 11.1 Å². The number of carbonyl (C=O) groups is 3. The van der Waals surface area contributed by atoms with E-state index in [0.717, 1.165) is 22.3 Å². The van der Waals surface area contributed by atoms with Crippen molar-refractivity contribution in [3.8, 4) is 11.1 Å². The standard InChI is InChI=1S/C38H50N4O4/c1-37(2,27-43)26-40-35(45)32(24-28-14-9-7-10-15-28)42(6)36(46)33(41(5)34(44)18-13-23-38(3,4)39)25-29-19-21-31(22-20-29)30-16-11-8-12-17-30/h7-22,32-33,43H,23-27,39H2,1-6H3,(H,40,45)/t32-,33-/m1/s1. The van der Waals surface area contributed by atoms with Crippen LogP contribution in [0.15, 0.2) is 97.1 Å². The van der Waals surface area contributed by atoms with Gasteiger partial charge in [0.25, 0.3) is 0 Å². The van der Waals surface area contributed by atoms with Crippen LogP contribution in [0.25, 0.3) is 11.1 Å². The van der Waals surface area contributed by atoms with Crippen LogP contribution in [-0.2, 0) is 27.2 Å². The first-order valence-electron chi connectivity index (χ1n) is 15.8. The van der Waals surface area contributed by atoms with Gasteiger partial charge in [-0.1, -0.05) is 105 Å². The summed E-state index contributed by atoms with van der Waals surface area (Å²) in [6, 6.07) is 25.8. The van der Waals surface area contributed by atoms with E-state index in [-0.39, 0.29) is 43.7 Å². The third kappa shape index (κ3) is 11.0. The number of likely N-dealkylation sites (N-methyl/N-ethyl adjacent to an activating group) is 2. The molecule has 0 fully saturated rings. The summed E-state index contributed by atoms with van der Waals surface area (Å²) >= 11 is 0. The van der Waals surface area contributed by atoms with E-state index in [0.29, 0.717) is 6.42 Å². The second kappa shape index (κ2) is 16.3. The summed E-state index contributed by atoms with van der Waals surface area (Å²) in [6.07, 6.45) is 4.23. The Bertz CT molecular complexity index is 1450. The maximum Gasteiger partial charge on any atom is 0.246 e. The maximum atomic E-state index is 14.4. The quantitative estimate of drug-likeness (QED) is 0.213. The van der Waals surface area contributed by atoms with Gasteiger partial charge in [-0.3, -0.25) is 14.4 Å². The molecule has 0 saturated carbocycles. The lowest BCUT2D eigenvalue weighted by Crippen LogP contribution is -2.56. The third-order valence-electron chi connectivity index (χ3n) is 8.05. The Morgan fingerprint density at radius 1 is 0.783 bits per heavy atom. The van der Waals surface area contributed by atoms with Crippen LogP contribution in [0.5, 0.6) is 0 Å². The molecule has 2 atom stereocenters. The Morgan fingerprint density at radius 3 is 1.87 bits per heavy atom. The number of carbonyl (C=O) groups excluding carboxylic acids is 3. The van der Waals surface area contributed by atoms with Gasteiger partial charge in [-0.15, -0.1) is 0 Å². The van der Waals surface area contributed by atoms with E-state index < -0.39 is 23.0 Å². The van der Waals surface area contributed by atoms with Gasteiger partial charge in [0.05, 0.1) is 0 Å². The molecule has 0 bridgehead atoms. The number of nitrogens with two attached hydrogens (primary N) is 1. The molecule has 0 spiro atoms. The number of hydrogen-bond acceptors (Lipinski definition) is 5. The third-order valence-corrected chi connectivity index (χ3v) is 8.05. The molecule has 3 aromatic carbocycles. The van der Waals surface area contributed by atoms with Crippen molar-refractivity contribution in [2.24, 2.45) is 11.1 Å². The van der Waals surface area contributed by atoms with Crippen molar-refractivity contribution in [2.75, 3.05) is 27.2 Å². The van der Waals surface area contributed by atoms with Crippen LogP contribution in [0.4, 0.5) is 0 Å². The fourth-order valence-corrected chi connectivity index (χ4v) is 4.94. The van der Waals surface area contributed by atoms with Gasteiger partial charge in [0, 0.05) is 51.0 Å². The molecule has 3 aromatic rings. The molecule has 8 heteroatoms. The minimum absolute atomic E-state index is 0.0989. The first kappa shape index (κ1) is 36.2. The number of aliphatic hydroxyl groups excluding tert-OH is 1. The minimum atomic E-state index is -0.879. The number of hydrogen-bond donors (Lipinski definition) is 3. The second-order valence-corrected chi connectivity index (χ2v) is 13.5. The first-order chi connectivity index (χ1) is 21.7. The highest BCUT2D eigenvalue weighted by Gasteiger charge is 2.35. The zero-order valence-corrected chi connectivity index (χ0v) is 28.1. The van der Waals surface area contributed by atoms with Gasteiger partial charge < -0.3 is 26.0 Å². The molecule has 0 aliphatic carbocycles. The zero-order valence-electron chi connectivity index (χ0n) is 28.1. The Balaban J connectivity index is 1.93. The fourth-order valence-electron chi connectivity index (χ4n) is 4.94. The average molecular weight is 627 g/mol. The molecule has 3 rings (SSSR count). The largest absolute Gasteiger partial charge is 0.396 e. The molecule has 0 heterocycles. The van der Waals surface area contributed by atoms with Crippen molar-refractivity contribution in [2.45, 2.75) is 64.6 Å². The Morgan fingerprint density at radius 2 is 1.30 bits per heavy atom. The van der Waals surface area contributed by atoms with Crippen LogP contribution >= 0.6 is 0 Å². The molecule has 3 amide bonds. The van der Waals surface area contributed by atoms with E-state index in [2.05, 4.69) is 5.32 Å². The van der Waals surface area contributed by atoms with Crippen LogP contribution in [-0.4, -0.2) is 77.5 Å². The summed E-state index contributed by atoms with van der Waals surface area (Å²) < 4.78 is 0. The number of rotatable bonds is 15. The summed E-state index contributed by atoms with van der Waals surface area (Å²) in [6.45, 7) is 7.61. The van der Waals surface area contributed by atoms with Crippen molar-refractivity contribution in [1.29, 1.82) is 0 Å². The normalized spacial score (nSPS) is 13.2. The van der Waals surface area contributed by atoms with Gasteiger partial charge in [-0.2, -0.15) is 0 Å². The van der Waals surface area contributed by atoms with Crippen molar-refractivity contribution < 1.29 is 19.5 Å². The smallest absolute Gasteiger partial charge is 0.246 e. The highest BCUT2D eigenvalue weighted by atomic mass is 16.3.